The van der Waals surface area contributed by atoms with Gasteiger partial charge in [0.1, 0.15) is 12.2 Å². The van der Waals surface area contributed by atoms with E-state index in [-0.39, 0.29) is 12.2 Å². The SMILES string of the molecule is Cc1ccc(Cn2nc(C)c(NC(=O)c3ccnn3CC(=O)O)c2C)cc1. The summed E-state index contributed by atoms with van der Waals surface area (Å²) in [5.74, 6) is -1.49. The maximum Gasteiger partial charge on any atom is 0.325 e. The van der Waals surface area contributed by atoms with Crippen molar-refractivity contribution in [1.82, 2.24) is 19.6 Å². The number of benzene rings is 1. The number of carboxylic acids is 1. The molecular formula is C19H21N5O3. The van der Waals surface area contributed by atoms with Crippen LogP contribution in [0.3, 0.4) is 0 Å². The van der Waals surface area contributed by atoms with E-state index in [1.165, 1.54) is 17.8 Å². The Balaban J connectivity index is 1.80. The van der Waals surface area contributed by atoms with Gasteiger partial charge in [-0.3, -0.25) is 14.3 Å². The lowest BCUT2D eigenvalue weighted by Gasteiger charge is -2.08. The number of amides is 1. The highest BCUT2D eigenvalue weighted by atomic mass is 16.4. The smallest absolute Gasteiger partial charge is 0.325 e. The summed E-state index contributed by atoms with van der Waals surface area (Å²) < 4.78 is 2.99. The number of aliphatic carboxylic acids is 1. The third kappa shape index (κ3) is 4.05. The van der Waals surface area contributed by atoms with Gasteiger partial charge in [0.25, 0.3) is 5.91 Å². The minimum Gasteiger partial charge on any atom is -0.480 e. The molecule has 1 amide bonds. The summed E-state index contributed by atoms with van der Waals surface area (Å²) in [6, 6.07) is 9.68. The third-order valence-corrected chi connectivity index (χ3v) is 4.31. The number of nitrogens with one attached hydrogen (secondary N) is 1. The molecule has 0 radical (unpaired) electrons. The zero-order valence-corrected chi connectivity index (χ0v) is 15.4. The summed E-state index contributed by atoms with van der Waals surface area (Å²) in [6.07, 6.45) is 1.40. The maximum atomic E-state index is 12.6. The topological polar surface area (TPSA) is 102 Å². The average Bonchev–Trinajstić information content (AvgIpc) is 3.16. The molecule has 0 aliphatic rings. The number of rotatable bonds is 6. The van der Waals surface area contributed by atoms with Crippen molar-refractivity contribution in [3.05, 3.63) is 64.7 Å². The Labute approximate surface area is 156 Å². The van der Waals surface area contributed by atoms with Crippen LogP contribution in [-0.4, -0.2) is 36.5 Å². The molecule has 0 spiro atoms. The summed E-state index contributed by atoms with van der Waals surface area (Å²) in [4.78, 5) is 23.5. The van der Waals surface area contributed by atoms with Gasteiger partial charge in [-0.2, -0.15) is 10.2 Å². The number of aromatic nitrogens is 4. The first-order valence-corrected chi connectivity index (χ1v) is 8.49. The summed E-state index contributed by atoms with van der Waals surface area (Å²) in [6.45, 7) is 5.97. The van der Waals surface area contributed by atoms with E-state index in [0.717, 1.165) is 15.9 Å². The number of carboxylic acid groups (broad SMARTS) is 1. The fourth-order valence-electron chi connectivity index (χ4n) is 2.86. The second-order valence-electron chi connectivity index (χ2n) is 6.41. The minimum atomic E-state index is -1.06. The molecule has 3 rings (SSSR count). The number of anilines is 1. The van der Waals surface area contributed by atoms with Crippen molar-refractivity contribution < 1.29 is 14.7 Å². The Morgan fingerprint density at radius 2 is 1.78 bits per heavy atom. The van der Waals surface area contributed by atoms with Crippen LogP contribution in [0.25, 0.3) is 0 Å². The molecule has 0 atom stereocenters. The molecule has 2 aromatic heterocycles. The number of hydrogen-bond acceptors (Lipinski definition) is 4. The van der Waals surface area contributed by atoms with Gasteiger partial charge in [-0.1, -0.05) is 29.8 Å². The van der Waals surface area contributed by atoms with Crippen molar-refractivity contribution in [2.75, 3.05) is 5.32 Å². The fourth-order valence-corrected chi connectivity index (χ4v) is 2.86. The van der Waals surface area contributed by atoms with Crippen molar-refractivity contribution in [3.8, 4) is 0 Å². The van der Waals surface area contributed by atoms with Gasteiger partial charge in [-0.25, -0.2) is 4.68 Å². The Hall–Kier alpha value is -3.42. The molecule has 0 saturated heterocycles. The van der Waals surface area contributed by atoms with Gasteiger partial charge >= 0.3 is 5.97 Å². The van der Waals surface area contributed by atoms with Gasteiger partial charge in [0, 0.05) is 6.20 Å². The van der Waals surface area contributed by atoms with Crippen molar-refractivity contribution in [2.45, 2.75) is 33.9 Å². The van der Waals surface area contributed by atoms with Gasteiger partial charge in [0.05, 0.1) is 23.6 Å². The zero-order valence-electron chi connectivity index (χ0n) is 15.4. The van der Waals surface area contributed by atoms with E-state index in [2.05, 4.69) is 27.6 Å². The Bertz CT molecular complexity index is 985. The van der Waals surface area contributed by atoms with E-state index >= 15 is 0 Å². The molecule has 0 fully saturated rings. The van der Waals surface area contributed by atoms with Gasteiger partial charge in [-0.05, 0) is 32.4 Å². The van der Waals surface area contributed by atoms with E-state index in [1.54, 1.807) is 0 Å². The lowest BCUT2D eigenvalue weighted by atomic mass is 10.1. The predicted molar refractivity (Wildman–Crippen MR) is 99.8 cm³/mol. The number of hydrogen-bond donors (Lipinski definition) is 2. The first-order valence-electron chi connectivity index (χ1n) is 8.49. The first kappa shape index (κ1) is 18.4. The van der Waals surface area contributed by atoms with Crippen LogP contribution in [0.4, 0.5) is 5.69 Å². The molecule has 8 nitrogen and oxygen atoms in total. The lowest BCUT2D eigenvalue weighted by Crippen LogP contribution is -2.21. The molecule has 0 saturated carbocycles. The molecule has 0 aliphatic carbocycles. The molecule has 140 valence electrons. The number of aryl methyl sites for hydroxylation is 2. The maximum absolute atomic E-state index is 12.6. The van der Waals surface area contributed by atoms with E-state index in [1.807, 2.05) is 37.6 Å². The van der Waals surface area contributed by atoms with Crippen molar-refractivity contribution in [2.24, 2.45) is 0 Å². The van der Waals surface area contributed by atoms with Gasteiger partial charge in [-0.15, -0.1) is 0 Å². The number of carbonyl (C=O) groups is 2. The summed E-state index contributed by atoms with van der Waals surface area (Å²) >= 11 is 0. The Kier molecular flexibility index (Phi) is 5.07. The van der Waals surface area contributed by atoms with E-state index < -0.39 is 11.9 Å². The van der Waals surface area contributed by atoms with Crippen LogP contribution < -0.4 is 5.32 Å². The number of carbonyl (C=O) groups excluding carboxylic acids is 1. The summed E-state index contributed by atoms with van der Waals surface area (Å²) in [5, 5.41) is 20.2. The molecule has 3 aromatic rings. The molecule has 2 N–H and O–H groups in total. The largest absolute Gasteiger partial charge is 0.480 e. The average molecular weight is 367 g/mol. The van der Waals surface area contributed by atoms with Crippen LogP contribution in [0.1, 0.15) is 33.0 Å². The molecule has 0 unspecified atom stereocenters. The molecule has 2 heterocycles. The van der Waals surface area contributed by atoms with Crippen LogP contribution >= 0.6 is 0 Å². The van der Waals surface area contributed by atoms with Gasteiger partial charge in [0.2, 0.25) is 0 Å². The second kappa shape index (κ2) is 7.45. The van der Waals surface area contributed by atoms with Gasteiger partial charge in [0.15, 0.2) is 0 Å². The molecule has 8 heteroatoms. The molecule has 0 aliphatic heterocycles. The standard InChI is InChI=1S/C19H21N5O3/c1-12-4-6-15(7-5-12)10-23-14(3)18(13(2)22-23)21-19(27)16-8-9-20-24(16)11-17(25)26/h4-9H,10-11H2,1-3H3,(H,21,27)(H,25,26). The quantitative estimate of drug-likeness (QED) is 0.696. The number of nitrogens with zero attached hydrogens (tertiary/aromatic N) is 4. The third-order valence-electron chi connectivity index (χ3n) is 4.31. The van der Waals surface area contributed by atoms with E-state index in [0.29, 0.717) is 17.9 Å². The molecule has 0 bridgehead atoms. The minimum absolute atomic E-state index is 0.183. The predicted octanol–water partition coefficient (Wildman–Crippen LogP) is 2.39. The van der Waals surface area contributed by atoms with Crippen LogP contribution in [0.5, 0.6) is 0 Å². The van der Waals surface area contributed by atoms with Crippen molar-refractivity contribution in [3.63, 3.8) is 0 Å². The Morgan fingerprint density at radius 1 is 1.07 bits per heavy atom. The molecule has 27 heavy (non-hydrogen) atoms. The monoisotopic (exact) mass is 367 g/mol. The van der Waals surface area contributed by atoms with Crippen molar-refractivity contribution >= 4 is 17.6 Å². The fraction of sp³-hybridized carbons (Fsp3) is 0.263. The highest BCUT2D eigenvalue weighted by molar-refractivity contribution is 6.03. The van der Waals surface area contributed by atoms with E-state index in [4.69, 9.17) is 5.11 Å². The normalized spacial score (nSPS) is 10.8. The van der Waals surface area contributed by atoms with Crippen molar-refractivity contribution in [1.29, 1.82) is 0 Å². The van der Waals surface area contributed by atoms with E-state index in [9.17, 15) is 9.59 Å². The summed E-state index contributed by atoms with van der Waals surface area (Å²) in [5.41, 5.74) is 4.63. The van der Waals surface area contributed by atoms with Crippen LogP contribution in [-0.2, 0) is 17.9 Å². The highest BCUT2D eigenvalue weighted by Gasteiger charge is 2.19. The second-order valence-corrected chi connectivity index (χ2v) is 6.41. The lowest BCUT2D eigenvalue weighted by molar-refractivity contribution is -0.137. The first-order chi connectivity index (χ1) is 12.8. The molecule has 1 aromatic carbocycles. The van der Waals surface area contributed by atoms with Crippen LogP contribution in [0.15, 0.2) is 36.5 Å². The van der Waals surface area contributed by atoms with Crippen LogP contribution in [0, 0.1) is 20.8 Å². The molecular weight excluding hydrogens is 346 g/mol. The van der Waals surface area contributed by atoms with Crippen LogP contribution in [0.2, 0.25) is 0 Å². The zero-order chi connectivity index (χ0) is 19.6. The highest BCUT2D eigenvalue weighted by Crippen LogP contribution is 2.21. The Morgan fingerprint density at radius 3 is 2.44 bits per heavy atom. The van der Waals surface area contributed by atoms with Gasteiger partial charge < -0.3 is 10.4 Å². The summed E-state index contributed by atoms with van der Waals surface area (Å²) in [7, 11) is 0.